The van der Waals surface area contributed by atoms with Gasteiger partial charge in [0.25, 0.3) is 11.7 Å². The van der Waals surface area contributed by atoms with E-state index in [1.54, 1.807) is 42.5 Å². The largest absolute Gasteiger partial charge is 0.507 e. The van der Waals surface area contributed by atoms with E-state index in [4.69, 9.17) is 21.1 Å². The molecule has 1 fully saturated rings. The minimum Gasteiger partial charge on any atom is -0.507 e. The van der Waals surface area contributed by atoms with E-state index in [0.29, 0.717) is 33.3 Å². The number of carbonyl (C=O) groups excluding carboxylic acids is 2. The van der Waals surface area contributed by atoms with Gasteiger partial charge in [-0.3, -0.25) is 14.5 Å². The fourth-order valence-electron chi connectivity index (χ4n) is 4.67. The lowest BCUT2D eigenvalue weighted by atomic mass is 9.94. The Morgan fingerprint density at radius 3 is 2.31 bits per heavy atom. The Bertz CT molecular complexity index is 1350. The van der Waals surface area contributed by atoms with E-state index in [2.05, 4.69) is 18.7 Å². The summed E-state index contributed by atoms with van der Waals surface area (Å²) in [4.78, 5) is 30.3. The Hall–Kier alpha value is -3.97. The fraction of sp³-hybridized carbons (Fsp3) is 0.214. The van der Waals surface area contributed by atoms with Gasteiger partial charge in [-0.05, 0) is 74.0 Å². The maximum absolute atomic E-state index is 13.4. The zero-order chi connectivity index (χ0) is 25.4. The second-order valence-corrected chi connectivity index (χ2v) is 8.91. The number of nitrogens with zero attached hydrogens (tertiary/aromatic N) is 2. The van der Waals surface area contributed by atoms with Crippen LogP contribution in [0.2, 0.25) is 5.02 Å². The van der Waals surface area contributed by atoms with E-state index in [0.717, 1.165) is 18.8 Å². The SMILES string of the molecule is CCN(CC)c1ccc(C2/C(=C(/O)c3ccc4c(c3)OCO4)C(=O)C(=O)N2c2ccc(Cl)cc2)cc1. The van der Waals surface area contributed by atoms with E-state index in [1.165, 1.54) is 4.90 Å². The average molecular weight is 505 g/mol. The highest BCUT2D eigenvalue weighted by Crippen LogP contribution is 2.44. The van der Waals surface area contributed by atoms with Crippen molar-refractivity contribution in [2.24, 2.45) is 0 Å². The molecule has 36 heavy (non-hydrogen) atoms. The van der Waals surface area contributed by atoms with Crippen LogP contribution in [-0.2, 0) is 9.59 Å². The summed E-state index contributed by atoms with van der Waals surface area (Å²) < 4.78 is 10.8. The Balaban J connectivity index is 1.66. The lowest BCUT2D eigenvalue weighted by molar-refractivity contribution is -0.132. The minimum atomic E-state index is -0.831. The predicted octanol–water partition coefficient (Wildman–Crippen LogP) is 5.54. The first-order valence-corrected chi connectivity index (χ1v) is 12.1. The van der Waals surface area contributed by atoms with Crippen molar-refractivity contribution in [2.75, 3.05) is 29.7 Å². The molecule has 0 aromatic heterocycles. The molecule has 1 unspecified atom stereocenters. The summed E-state index contributed by atoms with van der Waals surface area (Å²) in [6.45, 7) is 5.95. The molecule has 1 saturated heterocycles. The summed E-state index contributed by atoms with van der Waals surface area (Å²) in [5, 5.41) is 11.9. The number of anilines is 2. The number of rotatable bonds is 6. The van der Waals surface area contributed by atoms with Crippen molar-refractivity contribution in [1.82, 2.24) is 0 Å². The molecule has 7 nitrogen and oxygen atoms in total. The Morgan fingerprint density at radius 2 is 1.64 bits per heavy atom. The molecule has 1 N–H and O–H groups in total. The smallest absolute Gasteiger partial charge is 0.300 e. The molecule has 0 radical (unpaired) electrons. The highest BCUT2D eigenvalue weighted by atomic mass is 35.5. The standard InChI is InChI=1S/C28H25ClN2O5/c1-3-30(4-2)20-10-5-17(6-11-20)25-24(26(32)18-7-14-22-23(15-18)36-16-35-22)27(33)28(34)31(25)21-12-8-19(29)9-13-21/h5-15,25,32H,3-4,16H2,1-2H3/b26-24-. The summed E-state index contributed by atoms with van der Waals surface area (Å²) in [7, 11) is 0. The number of ketones is 1. The number of halogens is 1. The zero-order valence-electron chi connectivity index (χ0n) is 19.9. The normalized spacial score (nSPS) is 18.1. The molecule has 2 heterocycles. The van der Waals surface area contributed by atoms with Gasteiger partial charge in [0.2, 0.25) is 6.79 Å². The predicted molar refractivity (Wildman–Crippen MR) is 139 cm³/mol. The molecule has 2 aliphatic heterocycles. The van der Waals surface area contributed by atoms with Crippen LogP contribution < -0.4 is 19.3 Å². The van der Waals surface area contributed by atoms with Crippen LogP contribution in [0.25, 0.3) is 5.76 Å². The Labute approximate surface area is 214 Å². The van der Waals surface area contributed by atoms with Gasteiger partial charge < -0.3 is 19.5 Å². The van der Waals surface area contributed by atoms with Crippen molar-refractivity contribution in [3.8, 4) is 11.5 Å². The molecular weight excluding hydrogens is 480 g/mol. The third-order valence-electron chi connectivity index (χ3n) is 6.53. The Kier molecular flexibility index (Phi) is 6.33. The van der Waals surface area contributed by atoms with Crippen LogP contribution in [0.5, 0.6) is 11.5 Å². The third-order valence-corrected chi connectivity index (χ3v) is 6.78. The molecule has 3 aromatic carbocycles. The molecule has 0 spiro atoms. The van der Waals surface area contributed by atoms with Gasteiger partial charge in [-0.15, -0.1) is 0 Å². The number of aliphatic hydroxyl groups excluding tert-OH is 1. The lowest BCUT2D eigenvalue weighted by Gasteiger charge is -2.27. The molecule has 2 aliphatic rings. The van der Waals surface area contributed by atoms with Crippen LogP contribution >= 0.6 is 11.6 Å². The summed E-state index contributed by atoms with van der Waals surface area (Å²) in [5.41, 5.74) is 2.59. The number of hydrogen-bond acceptors (Lipinski definition) is 6. The quantitative estimate of drug-likeness (QED) is 0.270. The van der Waals surface area contributed by atoms with Crippen molar-refractivity contribution in [3.05, 3.63) is 88.5 Å². The topological polar surface area (TPSA) is 79.3 Å². The van der Waals surface area contributed by atoms with Crippen LogP contribution in [0.3, 0.4) is 0 Å². The molecule has 0 saturated carbocycles. The summed E-state index contributed by atoms with van der Waals surface area (Å²) in [6.07, 6.45) is 0. The maximum atomic E-state index is 13.4. The lowest BCUT2D eigenvalue weighted by Crippen LogP contribution is -2.29. The van der Waals surface area contributed by atoms with Gasteiger partial charge >= 0.3 is 0 Å². The number of amides is 1. The number of hydrogen-bond donors (Lipinski definition) is 1. The molecule has 8 heteroatoms. The average Bonchev–Trinajstić information content (AvgIpc) is 3.47. The van der Waals surface area contributed by atoms with Crippen LogP contribution in [0.15, 0.2) is 72.3 Å². The van der Waals surface area contributed by atoms with E-state index in [9.17, 15) is 14.7 Å². The maximum Gasteiger partial charge on any atom is 0.300 e. The first-order chi connectivity index (χ1) is 17.4. The summed E-state index contributed by atoms with van der Waals surface area (Å²) >= 11 is 6.07. The second kappa shape index (κ2) is 9.59. The van der Waals surface area contributed by atoms with E-state index < -0.39 is 17.7 Å². The Morgan fingerprint density at radius 1 is 0.972 bits per heavy atom. The highest BCUT2D eigenvalue weighted by Gasteiger charge is 2.47. The molecule has 0 bridgehead atoms. The van der Waals surface area contributed by atoms with E-state index in [1.807, 2.05) is 24.3 Å². The first-order valence-electron chi connectivity index (χ1n) is 11.7. The second-order valence-electron chi connectivity index (χ2n) is 8.48. The number of aliphatic hydroxyl groups is 1. The minimum absolute atomic E-state index is 0.00408. The molecule has 5 rings (SSSR count). The van der Waals surface area contributed by atoms with Crippen LogP contribution in [0.1, 0.15) is 31.0 Å². The van der Waals surface area contributed by atoms with Gasteiger partial charge in [-0.1, -0.05) is 23.7 Å². The number of carbonyl (C=O) groups is 2. The summed E-state index contributed by atoms with van der Waals surface area (Å²) in [5.74, 6) is -0.751. The summed E-state index contributed by atoms with van der Waals surface area (Å²) in [6, 6.07) is 18.5. The van der Waals surface area contributed by atoms with Crippen LogP contribution in [0.4, 0.5) is 11.4 Å². The fourth-order valence-corrected chi connectivity index (χ4v) is 4.80. The number of Topliss-reactive ketones (excluding diaryl/α,β-unsaturated/α-hetero) is 1. The zero-order valence-corrected chi connectivity index (χ0v) is 20.7. The first kappa shape index (κ1) is 23.8. The van der Waals surface area contributed by atoms with Crippen molar-refractivity contribution in [3.63, 3.8) is 0 Å². The number of benzene rings is 3. The molecule has 1 amide bonds. The van der Waals surface area contributed by atoms with Gasteiger partial charge in [0.1, 0.15) is 5.76 Å². The molecular formula is C28H25ClN2O5. The molecule has 0 aliphatic carbocycles. The van der Waals surface area contributed by atoms with Gasteiger partial charge in [-0.25, -0.2) is 0 Å². The monoisotopic (exact) mass is 504 g/mol. The van der Waals surface area contributed by atoms with Crippen molar-refractivity contribution >= 4 is 40.4 Å². The third kappa shape index (κ3) is 4.05. The van der Waals surface area contributed by atoms with Crippen LogP contribution in [0, 0.1) is 0 Å². The van der Waals surface area contributed by atoms with Gasteiger partial charge in [-0.2, -0.15) is 0 Å². The van der Waals surface area contributed by atoms with Gasteiger partial charge in [0.15, 0.2) is 11.5 Å². The number of fused-ring (bicyclic) bond motifs is 1. The van der Waals surface area contributed by atoms with E-state index in [-0.39, 0.29) is 18.1 Å². The van der Waals surface area contributed by atoms with Crippen molar-refractivity contribution < 1.29 is 24.2 Å². The van der Waals surface area contributed by atoms with Crippen molar-refractivity contribution in [2.45, 2.75) is 19.9 Å². The molecule has 1 atom stereocenters. The van der Waals surface area contributed by atoms with Gasteiger partial charge in [0, 0.05) is 35.1 Å². The number of ether oxygens (including phenoxy) is 2. The molecule has 3 aromatic rings. The van der Waals surface area contributed by atoms with Crippen LogP contribution in [-0.4, -0.2) is 36.7 Å². The van der Waals surface area contributed by atoms with Crippen molar-refractivity contribution in [1.29, 1.82) is 0 Å². The van der Waals surface area contributed by atoms with E-state index >= 15 is 0 Å². The molecule has 184 valence electrons. The van der Waals surface area contributed by atoms with Gasteiger partial charge in [0.05, 0.1) is 11.6 Å². The highest BCUT2D eigenvalue weighted by molar-refractivity contribution is 6.51.